The lowest BCUT2D eigenvalue weighted by molar-refractivity contribution is 0.278. The lowest BCUT2D eigenvalue weighted by Gasteiger charge is -2.34. The molecule has 2 N–H and O–H groups in total. The maximum absolute atomic E-state index is 6.38. The average molecular weight is 269 g/mol. The van der Waals surface area contributed by atoms with Crippen molar-refractivity contribution in [2.75, 3.05) is 0 Å². The highest BCUT2D eigenvalue weighted by Crippen LogP contribution is 2.41. The summed E-state index contributed by atoms with van der Waals surface area (Å²) in [7, 11) is 0. The molecular formula is C17H23N3. The van der Waals surface area contributed by atoms with E-state index >= 15 is 0 Å². The summed E-state index contributed by atoms with van der Waals surface area (Å²) < 4.78 is 2.32. The minimum Gasteiger partial charge on any atom is -0.324 e. The lowest BCUT2D eigenvalue weighted by atomic mass is 9.74. The molecule has 0 amide bonds. The van der Waals surface area contributed by atoms with Crippen LogP contribution in [0.2, 0.25) is 0 Å². The van der Waals surface area contributed by atoms with Gasteiger partial charge in [-0.15, -0.1) is 0 Å². The number of pyridine rings is 1. The van der Waals surface area contributed by atoms with Gasteiger partial charge in [-0.05, 0) is 55.9 Å². The van der Waals surface area contributed by atoms with Gasteiger partial charge in [0.2, 0.25) is 0 Å². The Morgan fingerprint density at radius 3 is 2.70 bits per heavy atom. The van der Waals surface area contributed by atoms with Crippen molar-refractivity contribution in [2.24, 2.45) is 11.1 Å². The maximum Gasteiger partial charge on any atom is 0.0638 e. The van der Waals surface area contributed by atoms with Crippen molar-refractivity contribution in [3.63, 3.8) is 0 Å². The first kappa shape index (κ1) is 13.4. The SMILES string of the molecule is Cc1ccc(-n2c(C)cc3c2CC(C)(C)CC3N)cn1. The molecule has 1 atom stereocenters. The van der Waals surface area contributed by atoms with Crippen LogP contribution in [-0.4, -0.2) is 9.55 Å². The van der Waals surface area contributed by atoms with Crippen LogP contribution in [0.15, 0.2) is 24.4 Å². The molecule has 3 rings (SSSR count). The van der Waals surface area contributed by atoms with Gasteiger partial charge < -0.3 is 10.3 Å². The summed E-state index contributed by atoms with van der Waals surface area (Å²) in [6.45, 7) is 8.77. The Labute approximate surface area is 120 Å². The Kier molecular flexibility index (Phi) is 2.98. The quantitative estimate of drug-likeness (QED) is 0.861. The number of nitrogens with zero attached hydrogens (tertiary/aromatic N) is 2. The van der Waals surface area contributed by atoms with Crippen LogP contribution in [0.3, 0.4) is 0 Å². The first-order valence-electron chi connectivity index (χ1n) is 7.27. The largest absolute Gasteiger partial charge is 0.324 e. The predicted molar refractivity (Wildman–Crippen MR) is 82.1 cm³/mol. The number of fused-ring (bicyclic) bond motifs is 1. The van der Waals surface area contributed by atoms with Gasteiger partial charge in [-0.1, -0.05) is 13.8 Å². The van der Waals surface area contributed by atoms with E-state index in [1.54, 1.807) is 0 Å². The Bertz CT molecular complexity index is 635. The third kappa shape index (κ3) is 2.16. The molecule has 20 heavy (non-hydrogen) atoms. The monoisotopic (exact) mass is 269 g/mol. The first-order chi connectivity index (χ1) is 9.37. The molecule has 0 saturated carbocycles. The van der Waals surface area contributed by atoms with Crippen LogP contribution in [0, 0.1) is 19.3 Å². The van der Waals surface area contributed by atoms with E-state index in [4.69, 9.17) is 5.73 Å². The van der Waals surface area contributed by atoms with Crippen LogP contribution in [-0.2, 0) is 6.42 Å². The molecule has 1 unspecified atom stereocenters. The van der Waals surface area contributed by atoms with Crippen molar-refractivity contribution < 1.29 is 0 Å². The number of aryl methyl sites for hydroxylation is 2. The van der Waals surface area contributed by atoms with Gasteiger partial charge in [0.25, 0.3) is 0 Å². The first-order valence-corrected chi connectivity index (χ1v) is 7.27. The molecule has 0 fully saturated rings. The Morgan fingerprint density at radius 1 is 1.30 bits per heavy atom. The standard InChI is InChI=1S/C17H23N3/c1-11-5-6-13(10-19-11)20-12(2)7-14-15(18)8-17(3,4)9-16(14)20/h5-7,10,15H,8-9,18H2,1-4H3. The summed E-state index contributed by atoms with van der Waals surface area (Å²) in [6, 6.07) is 6.60. The zero-order valence-electron chi connectivity index (χ0n) is 12.8. The fraction of sp³-hybridized carbons (Fsp3) is 0.471. The third-order valence-corrected chi connectivity index (χ3v) is 4.29. The minimum absolute atomic E-state index is 0.145. The number of hydrogen-bond acceptors (Lipinski definition) is 2. The molecule has 1 aliphatic rings. The smallest absolute Gasteiger partial charge is 0.0638 e. The normalized spacial score (nSPS) is 20.8. The Morgan fingerprint density at radius 2 is 2.05 bits per heavy atom. The lowest BCUT2D eigenvalue weighted by Crippen LogP contribution is -2.30. The second kappa shape index (κ2) is 4.45. The van der Waals surface area contributed by atoms with Crippen molar-refractivity contribution in [3.05, 3.63) is 47.0 Å². The van der Waals surface area contributed by atoms with E-state index < -0.39 is 0 Å². The zero-order chi connectivity index (χ0) is 14.5. The van der Waals surface area contributed by atoms with Crippen molar-refractivity contribution in [3.8, 4) is 5.69 Å². The van der Waals surface area contributed by atoms with Gasteiger partial charge in [0.15, 0.2) is 0 Å². The van der Waals surface area contributed by atoms with Gasteiger partial charge in [0.05, 0.1) is 11.9 Å². The molecule has 106 valence electrons. The van der Waals surface area contributed by atoms with Crippen LogP contribution >= 0.6 is 0 Å². The molecule has 2 heterocycles. The van der Waals surface area contributed by atoms with Crippen molar-refractivity contribution in [2.45, 2.75) is 46.6 Å². The fourth-order valence-electron chi connectivity index (χ4n) is 3.40. The van der Waals surface area contributed by atoms with Gasteiger partial charge in [-0.2, -0.15) is 0 Å². The van der Waals surface area contributed by atoms with E-state index in [9.17, 15) is 0 Å². The third-order valence-electron chi connectivity index (χ3n) is 4.29. The van der Waals surface area contributed by atoms with Crippen LogP contribution in [0.5, 0.6) is 0 Å². The summed E-state index contributed by atoms with van der Waals surface area (Å²) in [5.74, 6) is 0. The maximum atomic E-state index is 6.38. The molecule has 0 saturated heterocycles. The van der Waals surface area contributed by atoms with Crippen LogP contribution in [0.25, 0.3) is 5.69 Å². The molecule has 0 aliphatic heterocycles. The molecule has 0 bridgehead atoms. The fourth-order valence-corrected chi connectivity index (χ4v) is 3.40. The summed E-state index contributed by atoms with van der Waals surface area (Å²) in [6.07, 6.45) is 4.07. The van der Waals surface area contributed by atoms with Crippen molar-refractivity contribution in [1.82, 2.24) is 9.55 Å². The van der Waals surface area contributed by atoms with Crippen LogP contribution in [0.1, 0.15) is 49.0 Å². The molecule has 3 nitrogen and oxygen atoms in total. The topological polar surface area (TPSA) is 43.8 Å². The summed E-state index contributed by atoms with van der Waals surface area (Å²) in [4.78, 5) is 4.43. The highest BCUT2D eigenvalue weighted by molar-refractivity contribution is 5.43. The number of nitrogens with two attached hydrogens (primary N) is 1. The molecular weight excluding hydrogens is 246 g/mol. The molecule has 1 aliphatic carbocycles. The van der Waals surface area contributed by atoms with Gasteiger partial charge in [-0.25, -0.2) is 0 Å². The Hall–Kier alpha value is -1.61. The molecule has 0 spiro atoms. The minimum atomic E-state index is 0.145. The zero-order valence-corrected chi connectivity index (χ0v) is 12.8. The van der Waals surface area contributed by atoms with Gasteiger partial charge >= 0.3 is 0 Å². The van der Waals surface area contributed by atoms with E-state index in [1.165, 1.54) is 17.0 Å². The predicted octanol–water partition coefficient (Wildman–Crippen LogP) is 3.46. The van der Waals surface area contributed by atoms with Crippen LogP contribution < -0.4 is 5.73 Å². The van der Waals surface area contributed by atoms with E-state index in [0.717, 1.165) is 24.2 Å². The van der Waals surface area contributed by atoms with Gasteiger partial charge in [-0.3, -0.25) is 4.98 Å². The molecule has 2 aromatic heterocycles. The second-order valence-corrected chi connectivity index (χ2v) is 6.83. The summed E-state index contributed by atoms with van der Waals surface area (Å²) in [5, 5.41) is 0. The number of hydrogen-bond donors (Lipinski definition) is 1. The highest BCUT2D eigenvalue weighted by Gasteiger charge is 2.33. The Balaban J connectivity index is 2.16. The van der Waals surface area contributed by atoms with E-state index in [1.807, 2.05) is 13.1 Å². The molecule has 2 aromatic rings. The second-order valence-electron chi connectivity index (χ2n) is 6.83. The van der Waals surface area contributed by atoms with E-state index in [2.05, 4.69) is 48.5 Å². The molecule has 0 aromatic carbocycles. The summed E-state index contributed by atoms with van der Waals surface area (Å²) >= 11 is 0. The van der Waals surface area contributed by atoms with Crippen molar-refractivity contribution >= 4 is 0 Å². The highest BCUT2D eigenvalue weighted by atomic mass is 15.0. The summed E-state index contributed by atoms with van der Waals surface area (Å²) in [5.41, 5.74) is 12.7. The van der Waals surface area contributed by atoms with Crippen LogP contribution in [0.4, 0.5) is 0 Å². The van der Waals surface area contributed by atoms with E-state index in [0.29, 0.717) is 0 Å². The average Bonchev–Trinajstić information content (AvgIpc) is 2.66. The van der Waals surface area contributed by atoms with Gasteiger partial charge in [0, 0.05) is 23.1 Å². The number of aromatic nitrogens is 2. The van der Waals surface area contributed by atoms with E-state index in [-0.39, 0.29) is 11.5 Å². The molecule has 0 radical (unpaired) electrons. The molecule has 3 heteroatoms. The van der Waals surface area contributed by atoms with Crippen molar-refractivity contribution in [1.29, 1.82) is 0 Å². The van der Waals surface area contributed by atoms with Gasteiger partial charge in [0.1, 0.15) is 0 Å². The number of rotatable bonds is 1.